The molecule has 46 heavy (non-hydrogen) atoms. The molecule has 3 aromatic rings. The highest BCUT2D eigenvalue weighted by molar-refractivity contribution is 6.68. The zero-order valence-corrected chi connectivity index (χ0v) is 26.9. The lowest BCUT2D eigenvalue weighted by Gasteiger charge is -2.30. The van der Waals surface area contributed by atoms with E-state index in [1.54, 1.807) is 44.3 Å². The third-order valence-corrected chi connectivity index (χ3v) is 10.4. The maximum atomic E-state index is 13.3. The Kier molecular flexibility index (Phi) is 12.5. The van der Waals surface area contributed by atoms with Gasteiger partial charge in [0.15, 0.2) is 17.0 Å². The summed E-state index contributed by atoms with van der Waals surface area (Å²) < 4.78 is 16.6. The van der Waals surface area contributed by atoms with Gasteiger partial charge in [-0.3, -0.25) is 14.4 Å². The molecule has 246 valence electrons. The highest BCUT2D eigenvalue weighted by Gasteiger charge is 2.40. The fourth-order valence-electron chi connectivity index (χ4n) is 4.33. The van der Waals surface area contributed by atoms with Gasteiger partial charge >= 0.3 is 26.5 Å². The Labute approximate surface area is 266 Å². The third kappa shape index (κ3) is 9.67. The highest BCUT2D eigenvalue weighted by atomic mass is 28.4. The molecule has 0 fully saturated rings. The number of aromatic nitrogens is 4. The average Bonchev–Trinajstić information content (AvgIpc) is 3.04. The quantitative estimate of drug-likeness (QED) is 0.0704. The number of carbonyl (C=O) groups excluding carboxylic acids is 3. The Hall–Kier alpha value is -5.16. The summed E-state index contributed by atoms with van der Waals surface area (Å²) in [5.41, 5.74) is 13.7. The van der Waals surface area contributed by atoms with Crippen LogP contribution in [0.5, 0.6) is 0 Å². The number of nitrogens with zero attached hydrogens (tertiary/aromatic N) is 5. The number of carboxylic acids is 1. The molecule has 0 saturated carbocycles. The Morgan fingerprint density at radius 1 is 1.09 bits per heavy atom. The van der Waals surface area contributed by atoms with Crippen LogP contribution in [0.2, 0.25) is 12.1 Å². The van der Waals surface area contributed by atoms with E-state index in [2.05, 4.69) is 31.8 Å². The summed E-state index contributed by atoms with van der Waals surface area (Å²) in [7, 11) is -1.29. The minimum Gasteiger partial charge on any atom is -0.492 e. The van der Waals surface area contributed by atoms with E-state index in [1.165, 1.54) is 0 Å². The molecule has 16 nitrogen and oxygen atoms in total. The van der Waals surface area contributed by atoms with E-state index in [9.17, 15) is 24.3 Å². The number of nitrogen functional groups attached to an aromatic ring is 2. The van der Waals surface area contributed by atoms with Crippen molar-refractivity contribution in [2.45, 2.75) is 51.4 Å². The molecule has 0 bridgehead atoms. The van der Waals surface area contributed by atoms with E-state index in [4.69, 9.17) is 25.1 Å². The van der Waals surface area contributed by atoms with Crippen LogP contribution in [0.25, 0.3) is 11.2 Å². The van der Waals surface area contributed by atoms with Gasteiger partial charge in [0, 0.05) is 30.8 Å². The molecule has 1 amide bonds. The van der Waals surface area contributed by atoms with E-state index in [0.29, 0.717) is 29.8 Å². The number of nitrogens with two attached hydrogens (primary N) is 2. The van der Waals surface area contributed by atoms with Crippen molar-refractivity contribution in [1.29, 1.82) is 0 Å². The van der Waals surface area contributed by atoms with Gasteiger partial charge in [0.2, 0.25) is 5.95 Å². The molecular formula is C29H38N8O8Si. The summed E-state index contributed by atoms with van der Waals surface area (Å²) in [6.45, 7) is 7.21. The number of anilines is 3. The minimum absolute atomic E-state index is 0.00124. The zero-order valence-electron chi connectivity index (χ0n) is 25.9. The number of esters is 1. The van der Waals surface area contributed by atoms with Crippen LogP contribution in [0.15, 0.2) is 43.1 Å². The smallest absolute Gasteiger partial charge is 0.401 e. The number of ether oxygens (including phenoxy) is 1. The second-order valence-electron chi connectivity index (χ2n) is 10.1. The van der Waals surface area contributed by atoms with Crippen molar-refractivity contribution in [2.75, 3.05) is 36.6 Å². The van der Waals surface area contributed by atoms with E-state index in [-0.39, 0.29) is 49.0 Å². The first-order valence-electron chi connectivity index (χ1n) is 14.4. The number of nitrogens with one attached hydrogen (secondary N) is 1. The molecule has 2 heterocycles. The molecule has 0 spiro atoms. The summed E-state index contributed by atoms with van der Waals surface area (Å²) in [5, 5.41) is 11.8. The lowest BCUT2D eigenvalue weighted by Crippen LogP contribution is -2.50. The summed E-state index contributed by atoms with van der Waals surface area (Å²) in [6, 6.07) is 6.12. The second kappa shape index (κ2) is 16.2. The molecule has 0 aliphatic carbocycles. The Bertz CT molecular complexity index is 1570. The molecule has 2 aromatic heterocycles. The van der Waals surface area contributed by atoms with Gasteiger partial charge in [0.05, 0.1) is 25.0 Å². The fraction of sp³-hybridized carbons (Fsp3) is 0.379. The number of fused-ring (bicyclic) bond motifs is 1. The summed E-state index contributed by atoms with van der Waals surface area (Å²) >= 11 is 0. The fourth-order valence-corrected chi connectivity index (χ4v) is 6.55. The zero-order chi connectivity index (χ0) is 33.9. The van der Waals surface area contributed by atoms with E-state index in [0.717, 1.165) is 11.8 Å². The van der Waals surface area contributed by atoms with Gasteiger partial charge in [-0.1, -0.05) is 20.4 Å². The van der Waals surface area contributed by atoms with Crippen LogP contribution in [-0.2, 0) is 34.5 Å². The molecule has 1 atom stereocenters. The molecule has 0 aliphatic heterocycles. The number of benzene rings is 1. The average molecular weight is 655 g/mol. The van der Waals surface area contributed by atoms with Crippen molar-refractivity contribution in [3.8, 4) is 0 Å². The molecule has 0 aliphatic rings. The van der Waals surface area contributed by atoms with Gasteiger partial charge in [0.1, 0.15) is 12.6 Å². The van der Waals surface area contributed by atoms with Crippen LogP contribution < -0.4 is 21.7 Å². The molecule has 3 rings (SSSR count). The third-order valence-electron chi connectivity index (χ3n) is 6.93. The van der Waals surface area contributed by atoms with Gasteiger partial charge in [-0.25, -0.2) is 14.8 Å². The minimum atomic E-state index is -3.11. The second-order valence-corrected chi connectivity index (χ2v) is 13.8. The van der Waals surface area contributed by atoms with E-state index >= 15 is 0 Å². The molecular weight excluding hydrogens is 616 g/mol. The number of hydrogen-bond acceptors (Lipinski definition) is 14. The Balaban J connectivity index is 1.68. The van der Waals surface area contributed by atoms with Crippen molar-refractivity contribution in [1.82, 2.24) is 25.3 Å². The van der Waals surface area contributed by atoms with Crippen LogP contribution >= 0.6 is 0 Å². The first-order chi connectivity index (χ1) is 21.9. The molecule has 17 heteroatoms. The predicted molar refractivity (Wildman–Crippen MR) is 171 cm³/mol. The molecule has 0 radical (unpaired) electrons. The maximum Gasteiger partial charge on any atom is 0.401 e. The monoisotopic (exact) mass is 654 g/mol. The van der Waals surface area contributed by atoms with E-state index in [1.807, 2.05) is 11.9 Å². The number of hydrogen-bond donors (Lipinski definition) is 4. The normalized spacial score (nSPS) is 11.8. The lowest BCUT2D eigenvalue weighted by molar-refractivity contribution is -0.142. The van der Waals surface area contributed by atoms with Crippen molar-refractivity contribution in [2.24, 2.45) is 0 Å². The van der Waals surface area contributed by atoms with Gasteiger partial charge in [-0.05, 0) is 42.8 Å². The van der Waals surface area contributed by atoms with Crippen LogP contribution in [0.1, 0.15) is 42.7 Å². The Morgan fingerprint density at radius 2 is 1.78 bits per heavy atom. The summed E-state index contributed by atoms with van der Waals surface area (Å²) in [6.07, 6.45) is 2.01. The number of aliphatic carboxylic acids is 1. The van der Waals surface area contributed by atoms with E-state index < -0.39 is 38.4 Å². The molecule has 1 aromatic carbocycles. The van der Waals surface area contributed by atoms with Crippen molar-refractivity contribution in [3.05, 3.63) is 54.4 Å². The van der Waals surface area contributed by atoms with Gasteiger partial charge in [-0.2, -0.15) is 9.97 Å². The largest absolute Gasteiger partial charge is 0.492 e. The van der Waals surface area contributed by atoms with Gasteiger partial charge < -0.3 is 40.4 Å². The van der Waals surface area contributed by atoms with Crippen LogP contribution in [0.3, 0.4) is 0 Å². The van der Waals surface area contributed by atoms with Crippen molar-refractivity contribution >= 4 is 61.0 Å². The molecule has 6 N–H and O–H groups in total. The van der Waals surface area contributed by atoms with Crippen molar-refractivity contribution < 1.29 is 37.9 Å². The number of carbonyl (C=O) groups is 4. The predicted octanol–water partition coefficient (Wildman–Crippen LogP) is 1.95. The lowest BCUT2D eigenvalue weighted by atomic mass is 10.1. The molecule has 1 unspecified atom stereocenters. The number of rotatable bonds is 17. The van der Waals surface area contributed by atoms with Crippen LogP contribution in [0, 0.1) is 0 Å². The molecule has 0 saturated heterocycles. The first-order valence-corrected chi connectivity index (χ1v) is 16.7. The summed E-state index contributed by atoms with van der Waals surface area (Å²) in [4.78, 5) is 67.6. The maximum absolute atomic E-state index is 13.3. The topological polar surface area (TPSA) is 235 Å². The van der Waals surface area contributed by atoms with Gasteiger partial charge in [0.25, 0.3) is 5.91 Å². The first kappa shape index (κ1) is 35.3. The summed E-state index contributed by atoms with van der Waals surface area (Å²) in [5.74, 6) is -3.00. The van der Waals surface area contributed by atoms with Crippen molar-refractivity contribution in [3.63, 3.8) is 0 Å². The van der Waals surface area contributed by atoms with Gasteiger partial charge in [-0.15, -0.1) is 0 Å². The number of amides is 1. The van der Waals surface area contributed by atoms with Crippen LogP contribution in [0.4, 0.5) is 17.5 Å². The number of carboxylic acid groups (broad SMARTS) is 1. The standard InChI is InChI=1S/C29H38N8O8Si/c1-5-23(40)43-14-15-44-46(6-2,7-3)45-28(42)21(12-13-22(38)39)34-27(41)18-8-10-20(11-9-18)37(4)17-19-16-32-26-24(33-19)25(30)35-29(31)36-26/h5,8-11,16,21H,1,6-7,12-15,17H2,2-4H3,(H,34,41)(H,38,39)(H4,30,31,32,35,36). The Morgan fingerprint density at radius 3 is 2.41 bits per heavy atom. The highest BCUT2D eigenvalue weighted by Crippen LogP contribution is 2.22. The van der Waals surface area contributed by atoms with Crippen LogP contribution in [-0.4, -0.2) is 83.7 Å². The SMILES string of the molecule is C=CC(=O)OCCO[Si](CC)(CC)OC(=O)C(CCC(=O)O)NC(=O)c1ccc(N(C)Cc2cnc3nc(N)nc(N)c3n2)cc1.